The van der Waals surface area contributed by atoms with Crippen molar-refractivity contribution in [3.05, 3.63) is 35.4 Å². The summed E-state index contributed by atoms with van der Waals surface area (Å²) < 4.78 is 0. The Labute approximate surface area is 127 Å². The fourth-order valence-electron chi connectivity index (χ4n) is 3.85. The molecule has 0 aromatic heterocycles. The summed E-state index contributed by atoms with van der Waals surface area (Å²) in [6.45, 7) is 1.81. The zero-order chi connectivity index (χ0) is 14.7. The fraction of sp³-hybridized carbons (Fsp3) is 0.611. The molecule has 114 valence electrons. The largest absolute Gasteiger partial charge is 0.341 e. The van der Waals surface area contributed by atoms with Crippen LogP contribution in [0.3, 0.4) is 0 Å². The van der Waals surface area contributed by atoms with E-state index in [9.17, 15) is 4.79 Å². The molecule has 1 saturated heterocycles. The highest BCUT2D eigenvalue weighted by molar-refractivity contribution is 5.77. The standard InChI is InChI=1S/C18H26N2O/c1-19-16-9-5-11-20(13-16)18(21)12-15-8-4-7-14-6-2-3-10-17(14)15/h2-3,6,10,15-16,19H,4-5,7-9,11-13H2,1H3. The fourth-order valence-corrected chi connectivity index (χ4v) is 3.85. The summed E-state index contributed by atoms with van der Waals surface area (Å²) in [5.41, 5.74) is 2.87. The van der Waals surface area contributed by atoms with Gasteiger partial charge in [0.15, 0.2) is 0 Å². The number of likely N-dealkylation sites (N-methyl/N-ethyl adjacent to an activating group) is 1. The quantitative estimate of drug-likeness (QED) is 0.926. The number of piperidine rings is 1. The molecule has 3 nitrogen and oxygen atoms in total. The van der Waals surface area contributed by atoms with E-state index in [0.29, 0.717) is 24.3 Å². The second kappa shape index (κ2) is 6.61. The molecule has 1 aliphatic heterocycles. The van der Waals surface area contributed by atoms with Gasteiger partial charge in [-0.25, -0.2) is 0 Å². The number of carbonyl (C=O) groups is 1. The molecule has 2 unspecified atom stereocenters. The van der Waals surface area contributed by atoms with Crippen LogP contribution < -0.4 is 5.32 Å². The lowest BCUT2D eigenvalue weighted by Gasteiger charge is -2.34. The predicted octanol–water partition coefficient (Wildman–Crippen LogP) is 2.71. The Morgan fingerprint density at radius 2 is 2.14 bits per heavy atom. The van der Waals surface area contributed by atoms with Gasteiger partial charge in [0.2, 0.25) is 5.91 Å². The first kappa shape index (κ1) is 14.6. The van der Waals surface area contributed by atoms with E-state index in [1.807, 2.05) is 7.05 Å². The lowest BCUT2D eigenvalue weighted by molar-refractivity contribution is -0.133. The van der Waals surface area contributed by atoms with Gasteiger partial charge in [-0.1, -0.05) is 24.3 Å². The maximum atomic E-state index is 12.6. The molecule has 1 aliphatic carbocycles. The number of aryl methyl sites for hydroxylation is 1. The molecule has 2 atom stereocenters. The first-order valence-corrected chi connectivity index (χ1v) is 8.30. The molecule has 1 aromatic rings. The van der Waals surface area contributed by atoms with Crippen LogP contribution in [0.4, 0.5) is 0 Å². The van der Waals surface area contributed by atoms with E-state index in [2.05, 4.69) is 34.5 Å². The predicted molar refractivity (Wildman–Crippen MR) is 85.4 cm³/mol. The minimum atomic E-state index is 0.344. The van der Waals surface area contributed by atoms with Crippen LogP contribution >= 0.6 is 0 Å². The van der Waals surface area contributed by atoms with Gasteiger partial charge in [0.1, 0.15) is 0 Å². The molecule has 0 spiro atoms. The van der Waals surface area contributed by atoms with Crippen molar-refractivity contribution >= 4 is 5.91 Å². The van der Waals surface area contributed by atoms with Gasteiger partial charge in [0, 0.05) is 25.6 Å². The zero-order valence-corrected chi connectivity index (χ0v) is 13.0. The molecule has 0 bridgehead atoms. The van der Waals surface area contributed by atoms with Gasteiger partial charge in [-0.15, -0.1) is 0 Å². The third kappa shape index (κ3) is 3.29. The van der Waals surface area contributed by atoms with Gasteiger partial charge >= 0.3 is 0 Å². The Balaban J connectivity index is 1.65. The molecule has 0 radical (unpaired) electrons. The molecule has 1 amide bonds. The zero-order valence-electron chi connectivity index (χ0n) is 13.0. The second-order valence-electron chi connectivity index (χ2n) is 6.46. The molecule has 3 heteroatoms. The van der Waals surface area contributed by atoms with Crippen LogP contribution in [0, 0.1) is 0 Å². The average molecular weight is 286 g/mol. The Hall–Kier alpha value is -1.35. The highest BCUT2D eigenvalue weighted by Gasteiger charge is 2.27. The van der Waals surface area contributed by atoms with Crippen LogP contribution in [0.25, 0.3) is 0 Å². The number of hydrogen-bond donors (Lipinski definition) is 1. The number of nitrogens with zero attached hydrogens (tertiary/aromatic N) is 1. The van der Waals surface area contributed by atoms with E-state index in [1.165, 1.54) is 30.4 Å². The first-order valence-electron chi connectivity index (χ1n) is 8.30. The number of benzene rings is 1. The van der Waals surface area contributed by atoms with Crippen LogP contribution in [-0.4, -0.2) is 37.0 Å². The lowest BCUT2D eigenvalue weighted by atomic mass is 9.81. The van der Waals surface area contributed by atoms with Gasteiger partial charge in [-0.3, -0.25) is 4.79 Å². The van der Waals surface area contributed by atoms with Crippen molar-refractivity contribution in [3.8, 4) is 0 Å². The Bertz CT molecular complexity index is 500. The Morgan fingerprint density at radius 1 is 1.29 bits per heavy atom. The summed E-state index contributed by atoms with van der Waals surface area (Å²) in [6.07, 6.45) is 6.55. The van der Waals surface area contributed by atoms with Crippen LogP contribution in [0.5, 0.6) is 0 Å². The number of nitrogens with one attached hydrogen (secondary N) is 1. The van der Waals surface area contributed by atoms with Gasteiger partial charge in [0.05, 0.1) is 0 Å². The number of likely N-dealkylation sites (tertiary alicyclic amines) is 1. The van der Waals surface area contributed by atoms with E-state index in [0.717, 1.165) is 25.9 Å². The maximum absolute atomic E-state index is 12.6. The van der Waals surface area contributed by atoms with Gasteiger partial charge < -0.3 is 10.2 Å². The highest BCUT2D eigenvalue weighted by Crippen LogP contribution is 2.34. The number of rotatable bonds is 3. The minimum absolute atomic E-state index is 0.344. The van der Waals surface area contributed by atoms with E-state index in [1.54, 1.807) is 0 Å². The summed E-state index contributed by atoms with van der Waals surface area (Å²) in [6, 6.07) is 9.15. The van der Waals surface area contributed by atoms with Crippen molar-refractivity contribution < 1.29 is 4.79 Å². The third-order valence-corrected chi connectivity index (χ3v) is 5.10. The first-order chi connectivity index (χ1) is 10.3. The van der Waals surface area contributed by atoms with Crippen LogP contribution in [-0.2, 0) is 11.2 Å². The van der Waals surface area contributed by atoms with Crippen molar-refractivity contribution in [2.45, 2.75) is 50.5 Å². The summed E-state index contributed by atoms with van der Waals surface area (Å²) in [5, 5.41) is 3.31. The van der Waals surface area contributed by atoms with E-state index >= 15 is 0 Å². The smallest absolute Gasteiger partial charge is 0.223 e. The molecule has 21 heavy (non-hydrogen) atoms. The topological polar surface area (TPSA) is 32.3 Å². The number of carbonyl (C=O) groups excluding carboxylic acids is 1. The van der Waals surface area contributed by atoms with E-state index in [4.69, 9.17) is 0 Å². The number of hydrogen-bond acceptors (Lipinski definition) is 2. The summed E-state index contributed by atoms with van der Waals surface area (Å²) in [7, 11) is 2.00. The minimum Gasteiger partial charge on any atom is -0.341 e. The molecule has 1 fully saturated rings. The Morgan fingerprint density at radius 3 is 3.00 bits per heavy atom. The molecule has 0 saturated carbocycles. The van der Waals surface area contributed by atoms with Crippen molar-refractivity contribution in [1.29, 1.82) is 0 Å². The molecule has 1 aromatic carbocycles. The number of amides is 1. The average Bonchev–Trinajstić information content (AvgIpc) is 2.55. The SMILES string of the molecule is CNC1CCCN(C(=O)CC2CCCc3ccccc32)C1. The van der Waals surface area contributed by atoms with Gasteiger partial charge in [-0.05, 0) is 56.2 Å². The van der Waals surface area contributed by atoms with E-state index in [-0.39, 0.29) is 0 Å². The lowest BCUT2D eigenvalue weighted by Crippen LogP contribution is -2.47. The monoisotopic (exact) mass is 286 g/mol. The van der Waals surface area contributed by atoms with Gasteiger partial charge in [-0.2, -0.15) is 0 Å². The summed E-state index contributed by atoms with van der Waals surface area (Å²) in [5.74, 6) is 0.772. The van der Waals surface area contributed by atoms with Gasteiger partial charge in [0.25, 0.3) is 0 Å². The highest BCUT2D eigenvalue weighted by atomic mass is 16.2. The van der Waals surface area contributed by atoms with E-state index < -0.39 is 0 Å². The van der Waals surface area contributed by atoms with Crippen molar-refractivity contribution in [3.63, 3.8) is 0 Å². The maximum Gasteiger partial charge on any atom is 0.223 e. The van der Waals surface area contributed by atoms with Crippen LogP contribution in [0.15, 0.2) is 24.3 Å². The molecular weight excluding hydrogens is 260 g/mol. The normalized spacial score (nSPS) is 25.5. The van der Waals surface area contributed by atoms with Crippen LogP contribution in [0.1, 0.15) is 49.1 Å². The third-order valence-electron chi connectivity index (χ3n) is 5.10. The molecule has 1 N–H and O–H groups in total. The van der Waals surface area contributed by atoms with Crippen LogP contribution in [0.2, 0.25) is 0 Å². The summed E-state index contributed by atoms with van der Waals surface area (Å²) >= 11 is 0. The molecular formula is C18H26N2O. The molecule has 3 rings (SSSR count). The second-order valence-corrected chi connectivity index (χ2v) is 6.46. The van der Waals surface area contributed by atoms with Crippen molar-refractivity contribution in [2.24, 2.45) is 0 Å². The summed E-state index contributed by atoms with van der Waals surface area (Å²) in [4.78, 5) is 14.7. The molecule has 2 aliphatic rings. The number of fused-ring (bicyclic) bond motifs is 1. The molecule has 1 heterocycles. The van der Waals surface area contributed by atoms with Crippen molar-refractivity contribution in [2.75, 3.05) is 20.1 Å². The Kier molecular flexibility index (Phi) is 4.59. The van der Waals surface area contributed by atoms with Crippen molar-refractivity contribution in [1.82, 2.24) is 10.2 Å².